The Labute approximate surface area is 196 Å². The molecular weight excluding hydrogens is 458 g/mol. The number of anilines is 1. The van der Waals surface area contributed by atoms with Gasteiger partial charge in [0.05, 0.1) is 24.4 Å². The molecule has 34 heavy (non-hydrogen) atoms. The fraction of sp³-hybridized carbons (Fsp3) is 0.304. The van der Waals surface area contributed by atoms with Crippen LogP contribution in [-0.2, 0) is 14.5 Å². The van der Waals surface area contributed by atoms with Crippen LogP contribution in [0.15, 0.2) is 54.7 Å². The zero-order chi connectivity index (χ0) is 24.0. The monoisotopic (exact) mass is 483 g/mol. The highest BCUT2D eigenvalue weighted by Gasteiger charge is 2.42. The first-order valence-corrected chi connectivity index (χ1v) is 12.3. The summed E-state index contributed by atoms with van der Waals surface area (Å²) in [5, 5.41) is 36.0. The lowest BCUT2D eigenvalue weighted by atomic mass is 9.97. The third-order valence-electron chi connectivity index (χ3n) is 6.33. The number of benzene rings is 2. The van der Waals surface area contributed by atoms with Gasteiger partial charge < -0.3 is 15.5 Å². The predicted octanol–water partition coefficient (Wildman–Crippen LogP) is 1.60. The first kappa shape index (κ1) is 22.7. The minimum absolute atomic E-state index is 0.276. The standard InChI is InChI=1S/C23H25N5O5S/c1-13-6-7-14-4-2-3-5-16(14)21(13)17-11-20-25-9-8-19(28(20)27-17)26-18-10-15(22(29)23(18)30)12-33-34(24,31)32/h2-9,11,15,18,22-23,26,29-30H,10,12H2,1H3,(H2,24,31,32)/t15-,18-,22-,23+/m1/s1. The van der Waals surface area contributed by atoms with Crippen LogP contribution >= 0.6 is 0 Å². The van der Waals surface area contributed by atoms with E-state index in [1.165, 1.54) is 0 Å². The zero-order valence-electron chi connectivity index (χ0n) is 18.4. The largest absolute Gasteiger partial charge is 0.390 e. The van der Waals surface area contributed by atoms with E-state index in [0.29, 0.717) is 11.5 Å². The highest BCUT2D eigenvalue weighted by molar-refractivity contribution is 7.84. The number of aryl methyl sites for hydroxylation is 1. The van der Waals surface area contributed by atoms with Gasteiger partial charge >= 0.3 is 10.3 Å². The maximum Gasteiger partial charge on any atom is 0.333 e. The van der Waals surface area contributed by atoms with E-state index in [9.17, 15) is 18.6 Å². The maximum atomic E-state index is 11.1. The van der Waals surface area contributed by atoms with Crippen LogP contribution in [0, 0.1) is 12.8 Å². The summed E-state index contributed by atoms with van der Waals surface area (Å²) >= 11 is 0. The molecule has 0 spiro atoms. The van der Waals surface area contributed by atoms with Gasteiger partial charge in [0.1, 0.15) is 11.9 Å². The van der Waals surface area contributed by atoms with Crippen molar-refractivity contribution in [3.8, 4) is 11.3 Å². The van der Waals surface area contributed by atoms with Crippen molar-refractivity contribution >= 4 is 32.5 Å². The van der Waals surface area contributed by atoms with Gasteiger partial charge in [-0.1, -0.05) is 36.4 Å². The minimum atomic E-state index is -4.14. The number of hydrogen-bond acceptors (Lipinski definition) is 8. The van der Waals surface area contributed by atoms with Crippen LogP contribution < -0.4 is 10.5 Å². The third-order valence-corrected chi connectivity index (χ3v) is 6.80. The van der Waals surface area contributed by atoms with Gasteiger partial charge in [-0.15, -0.1) is 0 Å². The van der Waals surface area contributed by atoms with E-state index in [-0.39, 0.29) is 13.0 Å². The molecule has 0 amide bonds. The van der Waals surface area contributed by atoms with E-state index in [1.54, 1.807) is 16.8 Å². The molecule has 2 aromatic carbocycles. The summed E-state index contributed by atoms with van der Waals surface area (Å²) in [6.07, 6.45) is -0.382. The van der Waals surface area contributed by atoms with E-state index in [2.05, 4.69) is 38.7 Å². The highest BCUT2D eigenvalue weighted by atomic mass is 32.2. The number of fused-ring (bicyclic) bond motifs is 2. The molecule has 0 radical (unpaired) electrons. The summed E-state index contributed by atoms with van der Waals surface area (Å²) in [6.45, 7) is 1.73. The molecule has 1 fully saturated rings. The van der Waals surface area contributed by atoms with Crippen LogP contribution in [0.1, 0.15) is 12.0 Å². The SMILES string of the molecule is Cc1ccc2ccccc2c1-c1cc2nccc(N[C@@H]3C[C@H](COS(N)(=O)=O)[C@@H](O)[C@H]3O)n2n1. The van der Waals surface area contributed by atoms with Crippen LogP contribution in [0.5, 0.6) is 0 Å². The maximum absolute atomic E-state index is 11.1. The molecule has 4 atom stereocenters. The van der Waals surface area contributed by atoms with Crippen LogP contribution in [0.4, 0.5) is 5.82 Å². The summed E-state index contributed by atoms with van der Waals surface area (Å²) in [4.78, 5) is 4.43. The molecule has 0 saturated heterocycles. The van der Waals surface area contributed by atoms with Gasteiger partial charge in [0, 0.05) is 23.7 Å². The predicted molar refractivity (Wildman–Crippen MR) is 127 cm³/mol. The summed E-state index contributed by atoms with van der Waals surface area (Å²) < 4.78 is 28.5. The van der Waals surface area contributed by atoms with Crippen LogP contribution in [-0.4, -0.2) is 58.1 Å². The summed E-state index contributed by atoms with van der Waals surface area (Å²) in [7, 11) is -4.14. The molecule has 178 valence electrons. The highest BCUT2D eigenvalue weighted by Crippen LogP contribution is 2.33. The number of aliphatic hydroxyl groups excluding tert-OH is 2. The Morgan fingerprint density at radius 1 is 1.18 bits per heavy atom. The Bertz CT molecular complexity index is 1470. The fourth-order valence-electron chi connectivity index (χ4n) is 4.65. The lowest BCUT2D eigenvalue weighted by Crippen LogP contribution is -2.36. The van der Waals surface area contributed by atoms with Crippen molar-refractivity contribution in [2.24, 2.45) is 11.1 Å². The van der Waals surface area contributed by atoms with Gasteiger partial charge in [-0.05, 0) is 35.7 Å². The molecule has 10 nitrogen and oxygen atoms in total. The lowest BCUT2D eigenvalue weighted by Gasteiger charge is -2.19. The fourth-order valence-corrected chi connectivity index (χ4v) is 5.02. The first-order chi connectivity index (χ1) is 16.2. The molecule has 11 heteroatoms. The van der Waals surface area contributed by atoms with Crippen molar-refractivity contribution in [2.45, 2.75) is 31.6 Å². The summed E-state index contributed by atoms with van der Waals surface area (Å²) in [6, 6.07) is 15.3. The zero-order valence-corrected chi connectivity index (χ0v) is 19.2. The summed E-state index contributed by atoms with van der Waals surface area (Å²) in [5.74, 6) is -0.0203. The number of aromatic nitrogens is 3. The average Bonchev–Trinajstić information content (AvgIpc) is 3.34. The Morgan fingerprint density at radius 3 is 2.76 bits per heavy atom. The Kier molecular flexibility index (Phi) is 5.74. The van der Waals surface area contributed by atoms with E-state index >= 15 is 0 Å². The third kappa shape index (κ3) is 4.24. The number of aliphatic hydroxyl groups is 2. The molecular formula is C23H25N5O5S. The number of hydrogen-bond donors (Lipinski definition) is 4. The van der Waals surface area contributed by atoms with Gasteiger partial charge in [-0.3, -0.25) is 4.18 Å². The Balaban J connectivity index is 1.46. The van der Waals surface area contributed by atoms with Gasteiger partial charge in [-0.25, -0.2) is 10.1 Å². The minimum Gasteiger partial charge on any atom is -0.390 e. The molecule has 1 saturated carbocycles. The second-order valence-electron chi connectivity index (χ2n) is 8.61. The molecule has 4 aromatic rings. The molecule has 2 aromatic heterocycles. The van der Waals surface area contributed by atoms with Crippen molar-refractivity contribution in [1.82, 2.24) is 14.6 Å². The molecule has 5 rings (SSSR count). The van der Waals surface area contributed by atoms with Gasteiger partial charge in [-0.2, -0.15) is 18.0 Å². The number of nitrogens with zero attached hydrogens (tertiary/aromatic N) is 3. The first-order valence-electron chi connectivity index (χ1n) is 10.8. The second kappa shape index (κ2) is 8.60. The van der Waals surface area contributed by atoms with E-state index in [0.717, 1.165) is 27.6 Å². The Morgan fingerprint density at radius 2 is 1.97 bits per heavy atom. The smallest absolute Gasteiger partial charge is 0.333 e. The molecule has 1 aliphatic rings. The van der Waals surface area contributed by atoms with Crippen molar-refractivity contribution in [1.29, 1.82) is 0 Å². The van der Waals surface area contributed by atoms with Crippen LogP contribution in [0.3, 0.4) is 0 Å². The van der Waals surface area contributed by atoms with E-state index < -0.39 is 34.5 Å². The Hall–Kier alpha value is -3.09. The average molecular weight is 484 g/mol. The summed E-state index contributed by atoms with van der Waals surface area (Å²) in [5.41, 5.74) is 3.49. The van der Waals surface area contributed by atoms with Crippen LogP contribution in [0.25, 0.3) is 27.7 Å². The van der Waals surface area contributed by atoms with Gasteiger partial charge in [0.25, 0.3) is 0 Å². The van der Waals surface area contributed by atoms with E-state index in [4.69, 9.17) is 10.2 Å². The molecule has 5 N–H and O–H groups in total. The van der Waals surface area contributed by atoms with Crippen molar-refractivity contribution in [3.63, 3.8) is 0 Å². The quantitative estimate of drug-likeness (QED) is 0.323. The topological polar surface area (TPSA) is 152 Å². The van der Waals surface area contributed by atoms with Crippen molar-refractivity contribution in [2.75, 3.05) is 11.9 Å². The van der Waals surface area contributed by atoms with Gasteiger partial charge in [0.15, 0.2) is 5.65 Å². The number of rotatable bonds is 6. The number of nitrogens with one attached hydrogen (secondary N) is 1. The van der Waals surface area contributed by atoms with Gasteiger partial charge in [0.2, 0.25) is 0 Å². The lowest BCUT2D eigenvalue weighted by molar-refractivity contribution is 0.00777. The van der Waals surface area contributed by atoms with Crippen molar-refractivity contribution in [3.05, 3.63) is 60.3 Å². The van der Waals surface area contributed by atoms with Crippen molar-refractivity contribution < 1.29 is 22.8 Å². The molecule has 0 unspecified atom stereocenters. The second-order valence-corrected chi connectivity index (χ2v) is 9.83. The number of nitrogens with two attached hydrogens (primary N) is 1. The molecule has 2 heterocycles. The van der Waals surface area contributed by atoms with Crippen LogP contribution in [0.2, 0.25) is 0 Å². The molecule has 1 aliphatic carbocycles. The normalized spacial score (nSPS) is 23.1. The molecule has 0 bridgehead atoms. The molecule has 0 aliphatic heterocycles. The van der Waals surface area contributed by atoms with E-state index in [1.807, 2.05) is 25.1 Å².